The van der Waals surface area contributed by atoms with E-state index in [4.69, 9.17) is 4.98 Å². The zero-order valence-corrected chi connectivity index (χ0v) is 15.4. The summed E-state index contributed by atoms with van der Waals surface area (Å²) in [5.41, 5.74) is 4.56. The fraction of sp³-hybridized carbons (Fsp3) is 0.130. The smallest absolute Gasteiger partial charge is 0.193 e. The van der Waals surface area contributed by atoms with Gasteiger partial charge in [-0.05, 0) is 49.2 Å². The Bertz CT molecular complexity index is 1150. The van der Waals surface area contributed by atoms with Crippen molar-refractivity contribution in [2.45, 2.75) is 20.3 Å². The van der Waals surface area contributed by atoms with Gasteiger partial charge < -0.3 is 5.32 Å². The molecule has 2 heterocycles. The van der Waals surface area contributed by atoms with E-state index < -0.39 is 0 Å². The first kappa shape index (κ1) is 17.0. The summed E-state index contributed by atoms with van der Waals surface area (Å²) in [4.78, 5) is 17.7. The van der Waals surface area contributed by atoms with Gasteiger partial charge in [-0.25, -0.2) is 4.98 Å². The van der Waals surface area contributed by atoms with Crippen LogP contribution in [0.25, 0.3) is 16.7 Å². The van der Waals surface area contributed by atoms with E-state index in [9.17, 15) is 4.79 Å². The Balaban J connectivity index is 2.03. The molecule has 4 nitrogen and oxygen atoms in total. The van der Waals surface area contributed by atoms with E-state index in [1.165, 1.54) is 0 Å². The molecule has 4 rings (SSSR count). The Morgan fingerprint density at radius 1 is 0.963 bits per heavy atom. The quantitative estimate of drug-likeness (QED) is 0.560. The molecule has 0 spiro atoms. The summed E-state index contributed by atoms with van der Waals surface area (Å²) in [6, 6.07) is 23.5. The number of hydrogen-bond acceptors (Lipinski definition) is 3. The molecule has 0 fully saturated rings. The van der Waals surface area contributed by atoms with Gasteiger partial charge in [0.1, 0.15) is 11.5 Å². The summed E-state index contributed by atoms with van der Waals surface area (Å²) in [7, 11) is 0. The summed E-state index contributed by atoms with van der Waals surface area (Å²) in [5.74, 6) is 0.695. The number of fused-ring (bicyclic) bond motifs is 1. The highest BCUT2D eigenvalue weighted by atomic mass is 16.1. The fourth-order valence-electron chi connectivity index (χ4n) is 3.32. The van der Waals surface area contributed by atoms with E-state index in [1.54, 1.807) is 6.07 Å². The highest BCUT2D eigenvalue weighted by molar-refractivity contribution is 5.81. The predicted octanol–water partition coefficient (Wildman–Crippen LogP) is 5.00. The maximum Gasteiger partial charge on any atom is 0.193 e. The monoisotopic (exact) mass is 355 g/mol. The summed E-state index contributed by atoms with van der Waals surface area (Å²) in [6.07, 6.45) is 0.851. The molecule has 0 amide bonds. The lowest BCUT2D eigenvalue weighted by molar-refractivity contribution is 1.02. The van der Waals surface area contributed by atoms with Crippen LogP contribution >= 0.6 is 0 Å². The van der Waals surface area contributed by atoms with Crippen LogP contribution in [0.15, 0.2) is 77.6 Å². The van der Waals surface area contributed by atoms with Crippen molar-refractivity contribution in [3.05, 3.63) is 94.3 Å². The number of nitrogens with zero attached hydrogens (tertiary/aromatic N) is 2. The molecule has 0 atom stereocenters. The number of nitrogens with one attached hydrogen (secondary N) is 1. The normalized spacial score (nSPS) is 10.9. The molecule has 0 aliphatic rings. The molecule has 0 saturated carbocycles. The van der Waals surface area contributed by atoms with Crippen molar-refractivity contribution in [2.24, 2.45) is 0 Å². The standard InChI is InChI=1S/C23H21N3O/c1-3-17-14-20-21(27)15-22(25-18-10-6-4-7-11-18)26(23(20)24-16(17)2)19-12-8-5-9-13-19/h4-15,25H,3H2,1-2H3. The molecule has 2 aromatic carbocycles. The molecular weight excluding hydrogens is 334 g/mol. The average molecular weight is 355 g/mol. The van der Waals surface area contributed by atoms with E-state index in [1.807, 2.05) is 78.2 Å². The van der Waals surface area contributed by atoms with Gasteiger partial charge >= 0.3 is 0 Å². The third kappa shape index (κ3) is 3.22. The second kappa shape index (κ2) is 7.08. The Kier molecular flexibility index (Phi) is 4.47. The van der Waals surface area contributed by atoms with Gasteiger partial charge in [0.05, 0.1) is 5.39 Å². The number of aryl methyl sites for hydroxylation is 2. The number of rotatable bonds is 4. The summed E-state index contributed by atoms with van der Waals surface area (Å²) >= 11 is 0. The molecule has 4 heteroatoms. The Morgan fingerprint density at radius 3 is 2.30 bits per heavy atom. The lowest BCUT2D eigenvalue weighted by Crippen LogP contribution is -2.14. The van der Waals surface area contributed by atoms with Gasteiger partial charge in [-0.15, -0.1) is 0 Å². The van der Waals surface area contributed by atoms with E-state index in [0.717, 1.165) is 29.1 Å². The molecule has 134 valence electrons. The van der Waals surface area contributed by atoms with Gasteiger partial charge in [-0.3, -0.25) is 9.36 Å². The SMILES string of the molecule is CCc1cc2c(=O)cc(Nc3ccccc3)n(-c3ccccc3)c2nc1C. The summed E-state index contributed by atoms with van der Waals surface area (Å²) < 4.78 is 2.01. The molecule has 0 aliphatic heterocycles. The van der Waals surface area contributed by atoms with E-state index in [-0.39, 0.29) is 5.43 Å². The Labute approximate surface area is 158 Å². The average Bonchev–Trinajstić information content (AvgIpc) is 2.69. The summed E-state index contributed by atoms with van der Waals surface area (Å²) in [5, 5.41) is 4.01. The number of hydrogen-bond donors (Lipinski definition) is 1. The minimum Gasteiger partial charge on any atom is -0.341 e. The molecule has 1 N–H and O–H groups in total. The minimum atomic E-state index is -0.0298. The van der Waals surface area contributed by atoms with Crippen molar-refractivity contribution in [1.29, 1.82) is 0 Å². The molecule has 2 aromatic heterocycles. The van der Waals surface area contributed by atoms with Crippen LogP contribution in [-0.2, 0) is 6.42 Å². The number of pyridine rings is 2. The van der Waals surface area contributed by atoms with Crippen LogP contribution in [-0.4, -0.2) is 9.55 Å². The van der Waals surface area contributed by atoms with Crippen molar-refractivity contribution >= 4 is 22.5 Å². The van der Waals surface area contributed by atoms with Gasteiger partial charge in [0.25, 0.3) is 0 Å². The molecule has 0 saturated heterocycles. The zero-order valence-electron chi connectivity index (χ0n) is 15.4. The van der Waals surface area contributed by atoms with Gasteiger partial charge in [-0.2, -0.15) is 0 Å². The molecule has 0 bridgehead atoms. The lowest BCUT2D eigenvalue weighted by atomic mass is 10.1. The first-order valence-corrected chi connectivity index (χ1v) is 9.11. The molecule has 4 aromatic rings. The van der Waals surface area contributed by atoms with Gasteiger partial charge in [0.15, 0.2) is 5.43 Å². The van der Waals surface area contributed by atoms with Crippen LogP contribution in [0, 0.1) is 6.92 Å². The van der Waals surface area contributed by atoms with Crippen LogP contribution in [0.4, 0.5) is 11.5 Å². The second-order valence-corrected chi connectivity index (χ2v) is 6.51. The Hall–Kier alpha value is -3.40. The van der Waals surface area contributed by atoms with Crippen LogP contribution in [0.5, 0.6) is 0 Å². The van der Waals surface area contributed by atoms with Crippen molar-refractivity contribution in [1.82, 2.24) is 9.55 Å². The summed E-state index contributed by atoms with van der Waals surface area (Å²) in [6.45, 7) is 4.08. The lowest BCUT2D eigenvalue weighted by Gasteiger charge is -2.18. The maximum atomic E-state index is 12.9. The zero-order chi connectivity index (χ0) is 18.8. The molecule has 0 radical (unpaired) electrons. The minimum absolute atomic E-state index is 0.0298. The predicted molar refractivity (Wildman–Crippen MR) is 111 cm³/mol. The van der Waals surface area contributed by atoms with Crippen LogP contribution < -0.4 is 10.7 Å². The first-order valence-electron chi connectivity index (χ1n) is 9.11. The molecule has 0 aliphatic carbocycles. The second-order valence-electron chi connectivity index (χ2n) is 6.51. The topological polar surface area (TPSA) is 46.9 Å². The number of aromatic nitrogens is 2. The first-order chi connectivity index (χ1) is 13.2. The third-order valence-corrected chi connectivity index (χ3v) is 4.73. The molecule has 27 heavy (non-hydrogen) atoms. The van der Waals surface area contributed by atoms with E-state index >= 15 is 0 Å². The van der Waals surface area contributed by atoms with Crippen molar-refractivity contribution in [2.75, 3.05) is 5.32 Å². The number of para-hydroxylation sites is 2. The van der Waals surface area contributed by atoms with Gasteiger partial charge in [-0.1, -0.05) is 43.3 Å². The number of benzene rings is 2. The molecule has 0 unspecified atom stereocenters. The van der Waals surface area contributed by atoms with Crippen LogP contribution in [0.1, 0.15) is 18.2 Å². The van der Waals surface area contributed by atoms with Gasteiger partial charge in [0, 0.05) is 23.1 Å². The third-order valence-electron chi connectivity index (χ3n) is 4.73. The van der Waals surface area contributed by atoms with Crippen molar-refractivity contribution in [3.63, 3.8) is 0 Å². The highest BCUT2D eigenvalue weighted by Gasteiger charge is 2.14. The van der Waals surface area contributed by atoms with Gasteiger partial charge in [0.2, 0.25) is 0 Å². The van der Waals surface area contributed by atoms with Crippen molar-refractivity contribution in [3.8, 4) is 5.69 Å². The van der Waals surface area contributed by atoms with E-state index in [2.05, 4.69) is 12.2 Å². The molecular formula is C23H21N3O. The highest BCUT2D eigenvalue weighted by Crippen LogP contribution is 2.25. The Morgan fingerprint density at radius 2 is 1.63 bits per heavy atom. The van der Waals surface area contributed by atoms with Crippen molar-refractivity contribution < 1.29 is 0 Å². The number of anilines is 2. The van der Waals surface area contributed by atoms with E-state index in [0.29, 0.717) is 16.9 Å². The largest absolute Gasteiger partial charge is 0.341 e. The fourth-order valence-corrected chi connectivity index (χ4v) is 3.32. The van der Waals surface area contributed by atoms with Crippen LogP contribution in [0.3, 0.4) is 0 Å². The maximum absolute atomic E-state index is 12.9. The van der Waals surface area contributed by atoms with Crippen LogP contribution in [0.2, 0.25) is 0 Å².